The van der Waals surface area contributed by atoms with Crippen molar-refractivity contribution in [3.8, 4) is 11.5 Å². The molecule has 8 heteroatoms. The van der Waals surface area contributed by atoms with Crippen molar-refractivity contribution in [2.75, 3.05) is 13.3 Å². The van der Waals surface area contributed by atoms with Gasteiger partial charge in [0, 0.05) is 12.0 Å². The van der Waals surface area contributed by atoms with E-state index in [2.05, 4.69) is 9.88 Å². The van der Waals surface area contributed by atoms with E-state index in [0.717, 1.165) is 42.7 Å². The molecule has 1 aliphatic heterocycles. The van der Waals surface area contributed by atoms with E-state index in [9.17, 15) is 8.42 Å². The van der Waals surface area contributed by atoms with Gasteiger partial charge in [0.25, 0.3) is 0 Å². The number of nitrogens with zero attached hydrogens (tertiary/aromatic N) is 1. The molecule has 0 saturated heterocycles. The second-order valence-corrected chi connectivity index (χ2v) is 9.09. The van der Waals surface area contributed by atoms with E-state index in [1.54, 1.807) is 13.8 Å². The molecule has 0 atom stereocenters. The molecule has 2 aromatic rings. The summed E-state index contributed by atoms with van der Waals surface area (Å²) in [4.78, 5) is 0.138. The fraction of sp³-hybridized carbons (Fsp3) is 0.526. The van der Waals surface area contributed by atoms with Gasteiger partial charge < -0.3 is 14.0 Å². The number of benzene rings is 1. The highest BCUT2D eigenvalue weighted by molar-refractivity contribution is 7.89. The number of aromatic nitrogens is 1. The fourth-order valence-corrected chi connectivity index (χ4v) is 5.64. The van der Waals surface area contributed by atoms with Gasteiger partial charge >= 0.3 is 0 Å². The Labute approximate surface area is 159 Å². The van der Waals surface area contributed by atoms with Crippen LogP contribution in [0.25, 0.3) is 0 Å². The highest BCUT2D eigenvalue weighted by atomic mass is 32.2. The maximum atomic E-state index is 12.9. The van der Waals surface area contributed by atoms with Crippen molar-refractivity contribution in [2.45, 2.75) is 56.3 Å². The number of ether oxygens (including phenoxy) is 2. The van der Waals surface area contributed by atoms with Crippen LogP contribution in [0.5, 0.6) is 11.5 Å². The predicted molar refractivity (Wildman–Crippen MR) is 98.5 cm³/mol. The molecule has 0 unspecified atom stereocenters. The van der Waals surface area contributed by atoms with E-state index in [1.807, 2.05) is 18.2 Å². The van der Waals surface area contributed by atoms with Crippen LogP contribution in [-0.4, -0.2) is 26.9 Å². The minimum absolute atomic E-state index is 0.138. The molecule has 0 spiro atoms. The molecule has 146 valence electrons. The van der Waals surface area contributed by atoms with E-state index in [4.69, 9.17) is 14.0 Å². The Bertz CT molecular complexity index is 926. The summed E-state index contributed by atoms with van der Waals surface area (Å²) < 4.78 is 44.6. The van der Waals surface area contributed by atoms with E-state index in [-0.39, 0.29) is 17.1 Å². The third-order valence-electron chi connectivity index (χ3n) is 5.63. The molecule has 7 nitrogen and oxygen atoms in total. The van der Waals surface area contributed by atoms with E-state index >= 15 is 0 Å². The molecule has 1 saturated carbocycles. The lowest BCUT2D eigenvalue weighted by molar-refractivity contribution is 0.174. The van der Waals surface area contributed by atoms with Gasteiger partial charge in [0.1, 0.15) is 10.6 Å². The molecular weight excluding hydrogens is 368 g/mol. The molecule has 2 aliphatic rings. The zero-order chi connectivity index (χ0) is 19.1. The van der Waals surface area contributed by atoms with E-state index in [0.29, 0.717) is 18.0 Å². The molecule has 0 bridgehead atoms. The largest absolute Gasteiger partial charge is 0.454 e. The van der Waals surface area contributed by atoms with Crippen LogP contribution >= 0.6 is 0 Å². The first-order valence-electron chi connectivity index (χ1n) is 9.24. The first-order chi connectivity index (χ1) is 12.9. The Hall–Kier alpha value is -2.06. The SMILES string of the molecule is Cc1noc(C)c1S(=O)(=O)NCC1(c2ccc3c(c2)OCO3)CCCCC1. The van der Waals surface area contributed by atoms with Crippen molar-refractivity contribution in [3.05, 3.63) is 35.2 Å². The van der Waals surface area contributed by atoms with Crippen LogP contribution in [0.15, 0.2) is 27.6 Å². The van der Waals surface area contributed by atoms with Gasteiger partial charge in [0.15, 0.2) is 17.3 Å². The summed E-state index contributed by atoms with van der Waals surface area (Å²) in [5.41, 5.74) is 1.21. The van der Waals surface area contributed by atoms with Crippen LogP contribution in [0, 0.1) is 13.8 Å². The van der Waals surface area contributed by atoms with Gasteiger partial charge in [0.05, 0.1) is 0 Å². The second kappa shape index (κ2) is 6.83. The monoisotopic (exact) mass is 392 g/mol. The van der Waals surface area contributed by atoms with Gasteiger partial charge in [0.2, 0.25) is 16.8 Å². The molecule has 2 heterocycles. The van der Waals surface area contributed by atoms with Crippen LogP contribution in [0.4, 0.5) is 0 Å². The fourth-order valence-electron chi connectivity index (χ4n) is 4.19. The highest BCUT2D eigenvalue weighted by Crippen LogP contribution is 2.43. The van der Waals surface area contributed by atoms with Crippen LogP contribution in [-0.2, 0) is 15.4 Å². The third-order valence-corrected chi connectivity index (χ3v) is 7.28. The lowest BCUT2D eigenvalue weighted by Crippen LogP contribution is -2.42. The van der Waals surface area contributed by atoms with Gasteiger partial charge in [-0.25, -0.2) is 13.1 Å². The molecule has 4 rings (SSSR count). The Balaban J connectivity index is 1.63. The molecule has 1 aliphatic carbocycles. The summed E-state index contributed by atoms with van der Waals surface area (Å²) in [7, 11) is -3.70. The summed E-state index contributed by atoms with van der Waals surface area (Å²) in [6.45, 7) is 3.81. The number of hydrogen-bond acceptors (Lipinski definition) is 6. The number of sulfonamides is 1. The molecule has 1 N–H and O–H groups in total. The number of hydrogen-bond donors (Lipinski definition) is 1. The quantitative estimate of drug-likeness (QED) is 0.840. The Morgan fingerprint density at radius 3 is 2.56 bits per heavy atom. The van der Waals surface area contributed by atoms with Gasteiger partial charge in [-0.05, 0) is 44.4 Å². The Morgan fingerprint density at radius 1 is 1.11 bits per heavy atom. The normalized spacial score (nSPS) is 18.6. The van der Waals surface area contributed by atoms with E-state index in [1.165, 1.54) is 6.42 Å². The molecule has 0 radical (unpaired) electrons. The Kier molecular flexibility index (Phi) is 4.63. The van der Waals surface area contributed by atoms with Crippen LogP contribution in [0.2, 0.25) is 0 Å². The first-order valence-corrected chi connectivity index (χ1v) is 10.7. The molecule has 1 aromatic heterocycles. The minimum atomic E-state index is -3.70. The average Bonchev–Trinajstić information content (AvgIpc) is 3.26. The lowest BCUT2D eigenvalue weighted by Gasteiger charge is -2.38. The number of aryl methyl sites for hydroxylation is 2. The van der Waals surface area contributed by atoms with Crippen molar-refractivity contribution in [1.29, 1.82) is 0 Å². The summed E-state index contributed by atoms with van der Waals surface area (Å²) >= 11 is 0. The van der Waals surface area contributed by atoms with Crippen molar-refractivity contribution >= 4 is 10.0 Å². The van der Waals surface area contributed by atoms with Gasteiger partial charge in [-0.1, -0.05) is 30.5 Å². The molecular formula is C19H24N2O5S. The van der Waals surface area contributed by atoms with E-state index < -0.39 is 10.0 Å². The average molecular weight is 392 g/mol. The number of nitrogens with one attached hydrogen (secondary N) is 1. The van der Waals surface area contributed by atoms with Crippen LogP contribution < -0.4 is 14.2 Å². The molecule has 1 fully saturated rings. The second-order valence-electron chi connectivity index (χ2n) is 7.39. The number of rotatable bonds is 5. The molecule has 0 amide bonds. The third kappa shape index (κ3) is 3.32. The molecule has 27 heavy (non-hydrogen) atoms. The lowest BCUT2D eigenvalue weighted by atomic mass is 9.69. The maximum Gasteiger partial charge on any atom is 0.245 e. The minimum Gasteiger partial charge on any atom is -0.454 e. The topological polar surface area (TPSA) is 90.7 Å². The summed E-state index contributed by atoms with van der Waals surface area (Å²) in [6.07, 6.45) is 5.17. The summed E-state index contributed by atoms with van der Waals surface area (Å²) in [5, 5.41) is 3.77. The zero-order valence-electron chi connectivity index (χ0n) is 15.6. The predicted octanol–water partition coefficient (Wildman–Crippen LogP) is 3.20. The smallest absolute Gasteiger partial charge is 0.245 e. The van der Waals surface area contributed by atoms with Crippen LogP contribution in [0.3, 0.4) is 0 Å². The van der Waals surface area contributed by atoms with Crippen molar-refractivity contribution in [1.82, 2.24) is 9.88 Å². The number of fused-ring (bicyclic) bond motifs is 1. The van der Waals surface area contributed by atoms with Crippen molar-refractivity contribution in [3.63, 3.8) is 0 Å². The Morgan fingerprint density at radius 2 is 1.85 bits per heavy atom. The first kappa shape index (κ1) is 18.3. The van der Waals surface area contributed by atoms with Crippen LogP contribution in [0.1, 0.15) is 49.1 Å². The molecule has 1 aromatic carbocycles. The van der Waals surface area contributed by atoms with Gasteiger partial charge in [-0.3, -0.25) is 0 Å². The maximum absolute atomic E-state index is 12.9. The highest BCUT2D eigenvalue weighted by Gasteiger charge is 2.37. The van der Waals surface area contributed by atoms with Crippen molar-refractivity contribution in [2.24, 2.45) is 0 Å². The van der Waals surface area contributed by atoms with Gasteiger partial charge in [-0.2, -0.15) is 0 Å². The summed E-state index contributed by atoms with van der Waals surface area (Å²) in [5.74, 6) is 1.77. The summed E-state index contributed by atoms with van der Waals surface area (Å²) in [6, 6.07) is 5.94. The zero-order valence-corrected chi connectivity index (χ0v) is 16.4. The van der Waals surface area contributed by atoms with Crippen molar-refractivity contribution < 1.29 is 22.4 Å². The standard InChI is InChI=1S/C19H24N2O5S/c1-13-18(14(2)26-21-13)27(22,23)20-11-19(8-4-3-5-9-19)15-6-7-16-17(10-15)25-12-24-16/h6-7,10,20H,3-5,8-9,11-12H2,1-2H3. The van der Waals surface area contributed by atoms with Gasteiger partial charge in [-0.15, -0.1) is 0 Å².